The van der Waals surface area contributed by atoms with Gasteiger partial charge in [0.1, 0.15) is 6.10 Å². The van der Waals surface area contributed by atoms with Crippen molar-refractivity contribution in [2.45, 2.75) is 57.7 Å². The lowest BCUT2D eigenvalue weighted by molar-refractivity contribution is 0.0400. The fourth-order valence-corrected chi connectivity index (χ4v) is 4.85. The molecule has 3 rings (SSSR count). The Morgan fingerprint density at radius 1 is 1.16 bits per heavy atom. The quantitative estimate of drug-likeness (QED) is 0.694. The van der Waals surface area contributed by atoms with E-state index in [4.69, 9.17) is 4.74 Å². The van der Waals surface area contributed by atoms with Crippen molar-refractivity contribution in [1.82, 2.24) is 9.62 Å². The first-order valence-electron chi connectivity index (χ1n) is 10.9. The normalized spacial score (nSPS) is 20.3. The lowest BCUT2D eigenvalue weighted by Crippen LogP contribution is -2.58. The molecule has 1 saturated heterocycles. The van der Waals surface area contributed by atoms with Crippen LogP contribution in [0.15, 0.2) is 54.6 Å². The van der Waals surface area contributed by atoms with Crippen LogP contribution in [-0.4, -0.2) is 50.4 Å². The molecule has 168 valence electrons. The highest BCUT2D eigenvalue weighted by molar-refractivity contribution is 7.88. The summed E-state index contributed by atoms with van der Waals surface area (Å²) in [4.78, 5) is 14.6. The maximum atomic E-state index is 12.9. The number of hydrogen-bond donors (Lipinski definition) is 1. The first-order chi connectivity index (χ1) is 14.8. The molecule has 1 aliphatic rings. The predicted octanol–water partition coefficient (Wildman–Crippen LogP) is 4.21. The Kier molecular flexibility index (Phi) is 7.73. The first-order valence-corrected chi connectivity index (χ1v) is 12.7. The number of ether oxygens (including phenoxy) is 1. The first kappa shape index (κ1) is 23.3. The van der Waals surface area contributed by atoms with Gasteiger partial charge in [-0.3, -0.25) is 0 Å². The number of nitrogens with zero attached hydrogens (tertiary/aromatic N) is 1. The summed E-state index contributed by atoms with van der Waals surface area (Å²) in [5.74, 6) is 0. The summed E-state index contributed by atoms with van der Waals surface area (Å²) in [6.07, 6.45) is 3.29. The fourth-order valence-electron chi connectivity index (χ4n) is 4.02. The Bertz CT molecular complexity index is 978. The van der Waals surface area contributed by atoms with Crippen molar-refractivity contribution >= 4 is 16.1 Å². The summed E-state index contributed by atoms with van der Waals surface area (Å²) in [7, 11) is -3.41. The fraction of sp³-hybridized carbons (Fsp3) is 0.458. The molecule has 0 spiro atoms. The molecule has 1 heterocycles. The van der Waals surface area contributed by atoms with Crippen molar-refractivity contribution in [3.05, 3.63) is 60.2 Å². The summed E-state index contributed by atoms with van der Waals surface area (Å²) < 4.78 is 32.3. The molecule has 1 N–H and O–H groups in total. The Hall–Kier alpha value is -2.38. The van der Waals surface area contributed by atoms with Gasteiger partial charge in [-0.05, 0) is 49.3 Å². The maximum Gasteiger partial charge on any atom is 0.410 e. The third-order valence-electron chi connectivity index (χ3n) is 5.73. The van der Waals surface area contributed by atoms with Crippen molar-refractivity contribution in [2.75, 3.05) is 12.8 Å². The summed E-state index contributed by atoms with van der Waals surface area (Å²) in [6.45, 7) is 4.39. The van der Waals surface area contributed by atoms with Gasteiger partial charge in [0.15, 0.2) is 0 Å². The second-order valence-corrected chi connectivity index (χ2v) is 10.1. The number of amides is 1. The molecule has 7 heteroatoms. The van der Waals surface area contributed by atoms with E-state index in [0.29, 0.717) is 19.4 Å². The maximum absolute atomic E-state index is 12.9. The number of piperidine rings is 1. The van der Waals surface area contributed by atoms with Crippen LogP contribution >= 0.6 is 0 Å². The van der Waals surface area contributed by atoms with Gasteiger partial charge in [0.2, 0.25) is 10.0 Å². The lowest BCUT2D eigenvalue weighted by Gasteiger charge is -2.41. The summed E-state index contributed by atoms with van der Waals surface area (Å²) in [5, 5.41) is 0. The lowest BCUT2D eigenvalue weighted by atomic mass is 9.90. The van der Waals surface area contributed by atoms with Crippen molar-refractivity contribution in [3.8, 4) is 11.1 Å². The highest BCUT2D eigenvalue weighted by atomic mass is 32.2. The number of sulfonamides is 1. The molecular formula is C24H32N2O4S. The topological polar surface area (TPSA) is 75.7 Å². The third-order valence-corrected chi connectivity index (χ3v) is 6.47. The van der Waals surface area contributed by atoms with Crippen LogP contribution in [0, 0.1) is 0 Å². The van der Waals surface area contributed by atoms with E-state index in [-0.39, 0.29) is 24.3 Å². The van der Waals surface area contributed by atoms with Gasteiger partial charge in [-0.15, -0.1) is 0 Å². The SMILES string of the molecule is CCC(C)OC(=O)N1CCC[C@H](NS(C)(=O)=O)[C@@H]1Cc1cccc(-c2ccccc2)c1. The van der Waals surface area contributed by atoms with Gasteiger partial charge in [-0.1, -0.05) is 61.5 Å². The minimum Gasteiger partial charge on any atom is -0.446 e. The number of hydrogen-bond acceptors (Lipinski definition) is 4. The number of benzene rings is 2. The van der Waals surface area contributed by atoms with Crippen LogP contribution < -0.4 is 4.72 Å². The Morgan fingerprint density at radius 3 is 2.55 bits per heavy atom. The Labute approximate surface area is 185 Å². The van der Waals surface area contributed by atoms with Gasteiger partial charge >= 0.3 is 6.09 Å². The molecule has 31 heavy (non-hydrogen) atoms. The van der Waals surface area contributed by atoms with Crippen LogP contribution in [0.3, 0.4) is 0 Å². The van der Waals surface area contributed by atoms with Gasteiger partial charge in [0.05, 0.1) is 12.3 Å². The van der Waals surface area contributed by atoms with Crippen LogP contribution in [0.5, 0.6) is 0 Å². The molecule has 0 aromatic heterocycles. The molecule has 2 aromatic carbocycles. The molecule has 2 aromatic rings. The molecular weight excluding hydrogens is 412 g/mol. The van der Waals surface area contributed by atoms with E-state index in [1.165, 1.54) is 0 Å². The Balaban J connectivity index is 1.88. The van der Waals surface area contributed by atoms with E-state index in [1.807, 2.05) is 44.2 Å². The summed E-state index contributed by atoms with van der Waals surface area (Å²) in [6, 6.07) is 17.6. The van der Waals surface area contributed by atoms with Crippen molar-refractivity contribution < 1.29 is 17.9 Å². The van der Waals surface area contributed by atoms with Gasteiger partial charge in [0, 0.05) is 12.6 Å². The van der Waals surface area contributed by atoms with E-state index in [2.05, 4.69) is 29.0 Å². The molecule has 1 fully saturated rings. The zero-order valence-electron chi connectivity index (χ0n) is 18.5. The molecule has 1 unspecified atom stereocenters. The average Bonchev–Trinajstić information content (AvgIpc) is 2.74. The van der Waals surface area contributed by atoms with Crippen LogP contribution in [0.25, 0.3) is 11.1 Å². The van der Waals surface area contributed by atoms with Gasteiger partial charge in [-0.2, -0.15) is 0 Å². The zero-order valence-corrected chi connectivity index (χ0v) is 19.3. The molecule has 0 saturated carbocycles. The van der Waals surface area contributed by atoms with E-state index < -0.39 is 10.0 Å². The highest BCUT2D eigenvalue weighted by Crippen LogP contribution is 2.26. The second kappa shape index (κ2) is 10.3. The molecule has 6 nitrogen and oxygen atoms in total. The highest BCUT2D eigenvalue weighted by Gasteiger charge is 2.37. The largest absolute Gasteiger partial charge is 0.446 e. The van der Waals surface area contributed by atoms with Crippen LogP contribution in [0.1, 0.15) is 38.7 Å². The van der Waals surface area contributed by atoms with E-state index in [9.17, 15) is 13.2 Å². The zero-order chi connectivity index (χ0) is 22.4. The molecule has 1 aliphatic heterocycles. The number of nitrogens with one attached hydrogen (secondary N) is 1. The van der Waals surface area contributed by atoms with Crippen LogP contribution in [0.4, 0.5) is 4.79 Å². The minimum absolute atomic E-state index is 0.183. The number of carbonyl (C=O) groups excluding carboxylic acids is 1. The van der Waals surface area contributed by atoms with E-state index in [1.54, 1.807) is 4.90 Å². The van der Waals surface area contributed by atoms with Crippen LogP contribution in [-0.2, 0) is 21.2 Å². The number of rotatable bonds is 7. The van der Waals surface area contributed by atoms with E-state index in [0.717, 1.165) is 35.8 Å². The van der Waals surface area contributed by atoms with Gasteiger partial charge < -0.3 is 9.64 Å². The third kappa shape index (κ3) is 6.55. The van der Waals surface area contributed by atoms with Crippen molar-refractivity contribution in [2.24, 2.45) is 0 Å². The second-order valence-electron chi connectivity index (χ2n) is 8.27. The van der Waals surface area contributed by atoms with Gasteiger partial charge in [-0.25, -0.2) is 17.9 Å². The summed E-state index contributed by atoms with van der Waals surface area (Å²) in [5.41, 5.74) is 3.26. The Morgan fingerprint density at radius 2 is 1.87 bits per heavy atom. The number of carbonyl (C=O) groups is 1. The summed E-state index contributed by atoms with van der Waals surface area (Å²) >= 11 is 0. The van der Waals surface area contributed by atoms with E-state index >= 15 is 0 Å². The molecule has 0 aliphatic carbocycles. The minimum atomic E-state index is -3.41. The standard InChI is InChI=1S/C24H32N2O4S/c1-4-18(2)30-24(27)26-15-9-14-22(25-31(3,28)29)23(26)17-19-10-8-13-21(16-19)20-11-6-5-7-12-20/h5-8,10-13,16,18,22-23,25H,4,9,14-15,17H2,1-3H3/t18?,22-,23-/m0/s1. The van der Waals surface area contributed by atoms with Gasteiger partial charge in [0.25, 0.3) is 0 Å². The molecule has 3 atom stereocenters. The van der Waals surface area contributed by atoms with Crippen LogP contribution in [0.2, 0.25) is 0 Å². The molecule has 1 amide bonds. The average molecular weight is 445 g/mol. The molecule has 0 bridgehead atoms. The monoisotopic (exact) mass is 444 g/mol. The van der Waals surface area contributed by atoms with Crippen molar-refractivity contribution in [3.63, 3.8) is 0 Å². The predicted molar refractivity (Wildman–Crippen MR) is 123 cm³/mol. The van der Waals surface area contributed by atoms with Crippen molar-refractivity contribution in [1.29, 1.82) is 0 Å². The number of likely N-dealkylation sites (tertiary alicyclic amines) is 1. The smallest absolute Gasteiger partial charge is 0.410 e. The molecule has 0 radical (unpaired) electrons.